The first kappa shape index (κ1) is 9.06. The summed E-state index contributed by atoms with van der Waals surface area (Å²) in [6.45, 7) is 0.206. The number of halogens is 3. The maximum atomic E-state index is 12.0. The molecular formula is C8H7F3N. The normalized spacial score (nSPS) is 11.7. The van der Waals surface area contributed by atoms with Crippen LogP contribution in [-0.4, -0.2) is 0 Å². The van der Waals surface area contributed by atoms with Gasteiger partial charge in [-0.2, -0.15) is 13.2 Å². The van der Waals surface area contributed by atoms with Gasteiger partial charge < -0.3 is 5.73 Å². The van der Waals surface area contributed by atoms with E-state index in [1.165, 1.54) is 6.07 Å². The van der Waals surface area contributed by atoms with Crippen LogP contribution in [0.2, 0.25) is 0 Å². The average molecular weight is 174 g/mol. The SMILES string of the molecule is NCc1[c]cc(C(F)(F)F)cc1. The van der Waals surface area contributed by atoms with Gasteiger partial charge in [0.2, 0.25) is 0 Å². The molecule has 1 rings (SSSR count). The monoisotopic (exact) mass is 174 g/mol. The second-order valence-electron chi connectivity index (χ2n) is 2.30. The lowest BCUT2D eigenvalue weighted by Crippen LogP contribution is -2.05. The molecule has 65 valence electrons. The van der Waals surface area contributed by atoms with Gasteiger partial charge in [0.25, 0.3) is 0 Å². The Kier molecular flexibility index (Phi) is 2.38. The molecule has 0 amide bonds. The molecule has 0 heterocycles. The molecule has 0 bridgehead atoms. The quantitative estimate of drug-likeness (QED) is 0.692. The van der Waals surface area contributed by atoms with E-state index in [9.17, 15) is 13.2 Å². The number of hydrogen-bond acceptors (Lipinski definition) is 1. The van der Waals surface area contributed by atoms with E-state index in [4.69, 9.17) is 5.73 Å². The van der Waals surface area contributed by atoms with Crippen molar-refractivity contribution in [1.82, 2.24) is 0 Å². The van der Waals surface area contributed by atoms with Crippen molar-refractivity contribution < 1.29 is 13.2 Å². The zero-order valence-corrected chi connectivity index (χ0v) is 6.15. The summed E-state index contributed by atoms with van der Waals surface area (Å²) in [5, 5.41) is 0. The Hall–Kier alpha value is -1.03. The second-order valence-corrected chi connectivity index (χ2v) is 2.30. The third kappa shape index (κ3) is 1.98. The maximum Gasteiger partial charge on any atom is 0.416 e. The molecule has 0 fully saturated rings. The molecule has 1 radical (unpaired) electrons. The smallest absolute Gasteiger partial charge is 0.326 e. The first-order valence-electron chi connectivity index (χ1n) is 3.32. The van der Waals surface area contributed by atoms with Crippen LogP contribution in [0.3, 0.4) is 0 Å². The molecule has 0 aliphatic carbocycles. The summed E-state index contributed by atoms with van der Waals surface area (Å²) in [6, 6.07) is 5.67. The third-order valence-corrected chi connectivity index (χ3v) is 1.42. The van der Waals surface area contributed by atoms with Gasteiger partial charge in [-0.05, 0) is 23.8 Å². The minimum Gasteiger partial charge on any atom is -0.326 e. The first-order valence-corrected chi connectivity index (χ1v) is 3.32. The highest BCUT2D eigenvalue weighted by molar-refractivity contribution is 5.23. The van der Waals surface area contributed by atoms with Gasteiger partial charge in [-0.3, -0.25) is 0 Å². The highest BCUT2D eigenvalue weighted by atomic mass is 19.4. The fourth-order valence-corrected chi connectivity index (χ4v) is 0.760. The van der Waals surface area contributed by atoms with Gasteiger partial charge in [0, 0.05) is 6.54 Å². The molecule has 0 aliphatic rings. The standard InChI is InChI=1S/C8H7F3N/c9-8(10,11)7-3-1-6(5-12)2-4-7/h1,3-4H,5,12H2. The van der Waals surface area contributed by atoms with Crippen LogP contribution in [0, 0.1) is 6.07 Å². The fraction of sp³-hybridized carbons (Fsp3) is 0.250. The third-order valence-electron chi connectivity index (χ3n) is 1.42. The van der Waals surface area contributed by atoms with Crippen molar-refractivity contribution in [2.24, 2.45) is 5.73 Å². The summed E-state index contributed by atoms with van der Waals surface area (Å²) in [7, 11) is 0. The van der Waals surface area contributed by atoms with Crippen LogP contribution in [-0.2, 0) is 12.7 Å². The number of hydrogen-bond donors (Lipinski definition) is 1. The van der Waals surface area contributed by atoms with Crippen LogP contribution >= 0.6 is 0 Å². The van der Waals surface area contributed by atoms with Gasteiger partial charge in [0.1, 0.15) is 0 Å². The van der Waals surface area contributed by atoms with Crippen LogP contribution in [0.15, 0.2) is 18.2 Å². The van der Waals surface area contributed by atoms with Crippen LogP contribution in [0.5, 0.6) is 0 Å². The lowest BCUT2D eigenvalue weighted by Gasteiger charge is -2.05. The largest absolute Gasteiger partial charge is 0.416 e. The summed E-state index contributed by atoms with van der Waals surface area (Å²) in [6.07, 6.45) is -4.29. The minimum absolute atomic E-state index is 0.206. The van der Waals surface area contributed by atoms with Crippen molar-refractivity contribution in [3.63, 3.8) is 0 Å². The molecule has 0 unspecified atom stereocenters. The first-order chi connectivity index (χ1) is 5.54. The van der Waals surface area contributed by atoms with E-state index < -0.39 is 11.7 Å². The maximum absolute atomic E-state index is 12.0. The van der Waals surface area contributed by atoms with Crippen LogP contribution < -0.4 is 5.73 Å². The molecule has 2 N–H and O–H groups in total. The molecule has 1 aromatic rings. The molecule has 0 saturated heterocycles. The molecule has 4 heteroatoms. The van der Waals surface area contributed by atoms with Crippen molar-refractivity contribution in [2.75, 3.05) is 0 Å². The Morgan fingerprint density at radius 3 is 2.33 bits per heavy atom. The van der Waals surface area contributed by atoms with Crippen molar-refractivity contribution in [3.05, 3.63) is 35.4 Å². The van der Waals surface area contributed by atoms with Gasteiger partial charge in [-0.15, -0.1) is 0 Å². The number of nitrogens with two attached hydrogens (primary N) is 1. The molecule has 0 aromatic heterocycles. The predicted molar refractivity (Wildman–Crippen MR) is 38.2 cm³/mol. The molecular weight excluding hydrogens is 167 g/mol. The fourth-order valence-electron chi connectivity index (χ4n) is 0.760. The van der Waals surface area contributed by atoms with E-state index in [0.29, 0.717) is 5.56 Å². The van der Waals surface area contributed by atoms with Crippen molar-refractivity contribution >= 4 is 0 Å². The van der Waals surface area contributed by atoms with Gasteiger partial charge in [0.05, 0.1) is 5.56 Å². The number of benzene rings is 1. The minimum atomic E-state index is -4.29. The van der Waals surface area contributed by atoms with E-state index in [0.717, 1.165) is 12.1 Å². The predicted octanol–water partition coefficient (Wildman–Crippen LogP) is 1.96. The Balaban J connectivity index is 2.93. The number of rotatable bonds is 1. The Labute approximate surface area is 68.0 Å². The zero-order valence-electron chi connectivity index (χ0n) is 6.15. The highest BCUT2D eigenvalue weighted by Crippen LogP contribution is 2.28. The number of alkyl halides is 3. The second kappa shape index (κ2) is 3.15. The van der Waals surface area contributed by atoms with Crippen molar-refractivity contribution in [3.8, 4) is 0 Å². The summed E-state index contributed by atoms with van der Waals surface area (Å²) < 4.78 is 35.9. The van der Waals surface area contributed by atoms with Gasteiger partial charge >= 0.3 is 6.18 Å². The topological polar surface area (TPSA) is 26.0 Å². The van der Waals surface area contributed by atoms with Crippen molar-refractivity contribution in [1.29, 1.82) is 0 Å². The molecule has 12 heavy (non-hydrogen) atoms. The van der Waals surface area contributed by atoms with Crippen LogP contribution in [0.4, 0.5) is 13.2 Å². The lowest BCUT2D eigenvalue weighted by molar-refractivity contribution is -0.137. The average Bonchev–Trinajstić information content (AvgIpc) is 2.03. The molecule has 1 aromatic carbocycles. The molecule has 0 spiro atoms. The summed E-state index contributed by atoms with van der Waals surface area (Å²) in [5.41, 5.74) is 5.07. The Bertz CT molecular complexity index is 250. The van der Waals surface area contributed by atoms with E-state index in [1.807, 2.05) is 0 Å². The van der Waals surface area contributed by atoms with Crippen LogP contribution in [0.1, 0.15) is 11.1 Å². The Morgan fingerprint density at radius 1 is 1.33 bits per heavy atom. The molecule has 0 saturated carbocycles. The Morgan fingerprint density at radius 2 is 2.00 bits per heavy atom. The lowest BCUT2D eigenvalue weighted by atomic mass is 10.1. The molecule has 0 atom stereocenters. The zero-order chi connectivity index (χ0) is 9.19. The van der Waals surface area contributed by atoms with Crippen LogP contribution in [0.25, 0.3) is 0 Å². The highest BCUT2D eigenvalue weighted by Gasteiger charge is 2.29. The van der Waals surface area contributed by atoms with Crippen molar-refractivity contribution in [2.45, 2.75) is 12.7 Å². The van der Waals surface area contributed by atoms with Gasteiger partial charge in [-0.25, -0.2) is 0 Å². The van der Waals surface area contributed by atoms with E-state index in [1.54, 1.807) is 0 Å². The van der Waals surface area contributed by atoms with E-state index >= 15 is 0 Å². The van der Waals surface area contributed by atoms with Gasteiger partial charge in [-0.1, -0.05) is 6.07 Å². The summed E-state index contributed by atoms with van der Waals surface area (Å²) >= 11 is 0. The molecule has 0 aliphatic heterocycles. The van der Waals surface area contributed by atoms with Gasteiger partial charge in [0.15, 0.2) is 0 Å². The summed E-state index contributed by atoms with van der Waals surface area (Å²) in [4.78, 5) is 0. The summed E-state index contributed by atoms with van der Waals surface area (Å²) in [5.74, 6) is 0. The van der Waals surface area contributed by atoms with E-state index in [-0.39, 0.29) is 6.54 Å². The van der Waals surface area contributed by atoms with E-state index in [2.05, 4.69) is 6.07 Å². The molecule has 1 nitrogen and oxygen atoms in total.